The van der Waals surface area contributed by atoms with Crippen LogP contribution in [0.2, 0.25) is 0 Å². The van der Waals surface area contributed by atoms with Gasteiger partial charge in [0.25, 0.3) is 0 Å². The Morgan fingerprint density at radius 2 is 1.96 bits per heavy atom. The number of hydrogen-bond acceptors (Lipinski definition) is 3. The summed E-state index contributed by atoms with van der Waals surface area (Å²) in [6, 6.07) is 6.03. The predicted molar refractivity (Wildman–Crippen MR) is 109 cm³/mol. The van der Waals surface area contributed by atoms with Crippen molar-refractivity contribution in [1.82, 2.24) is 25.4 Å². The third-order valence-corrected chi connectivity index (χ3v) is 3.78. The molecule has 0 unspecified atom stereocenters. The molecule has 6 nitrogen and oxygen atoms in total. The molecule has 0 radical (unpaired) electrons. The minimum atomic E-state index is 0. The Morgan fingerprint density at radius 1 is 1.21 bits per heavy atom. The maximum Gasteiger partial charge on any atom is 0.191 e. The van der Waals surface area contributed by atoms with Crippen LogP contribution in [0.3, 0.4) is 0 Å². The summed E-state index contributed by atoms with van der Waals surface area (Å²) >= 11 is 0. The van der Waals surface area contributed by atoms with Crippen LogP contribution in [-0.2, 0) is 20.1 Å². The Balaban J connectivity index is 0.00000288. The monoisotopic (exact) mass is 442 g/mol. The van der Waals surface area contributed by atoms with Crippen molar-refractivity contribution in [3.63, 3.8) is 0 Å². The van der Waals surface area contributed by atoms with Gasteiger partial charge >= 0.3 is 0 Å². The molecule has 2 aromatic rings. The van der Waals surface area contributed by atoms with Gasteiger partial charge in [0, 0.05) is 30.5 Å². The van der Waals surface area contributed by atoms with Gasteiger partial charge in [-0.3, -0.25) is 9.67 Å². The summed E-state index contributed by atoms with van der Waals surface area (Å²) in [4.78, 5) is 9.17. The van der Waals surface area contributed by atoms with E-state index in [1.54, 1.807) is 0 Å². The van der Waals surface area contributed by atoms with E-state index in [4.69, 9.17) is 0 Å². The van der Waals surface area contributed by atoms with Crippen molar-refractivity contribution in [3.05, 3.63) is 46.5 Å². The number of pyridine rings is 1. The van der Waals surface area contributed by atoms with E-state index in [0.29, 0.717) is 13.1 Å². The second-order valence-electron chi connectivity index (χ2n) is 5.59. The average molecular weight is 442 g/mol. The van der Waals surface area contributed by atoms with Crippen LogP contribution < -0.4 is 10.6 Å². The first-order valence-corrected chi connectivity index (χ1v) is 7.95. The number of nitrogens with one attached hydrogen (secondary N) is 2. The third kappa shape index (κ3) is 5.47. The van der Waals surface area contributed by atoms with Crippen LogP contribution in [0.4, 0.5) is 0 Å². The highest BCUT2D eigenvalue weighted by Crippen LogP contribution is 2.12. The summed E-state index contributed by atoms with van der Waals surface area (Å²) in [6.07, 6.45) is 0. The second-order valence-corrected chi connectivity index (χ2v) is 5.59. The number of aryl methyl sites for hydroxylation is 3. The molecular formula is C17H27IN6. The van der Waals surface area contributed by atoms with E-state index in [0.717, 1.165) is 35.3 Å². The molecule has 0 spiro atoms. The van der Waals surface area contributed by atoms with Gasteiger partial charge in [-0.05, 0) is 39.8 Å². The summed E-state index contributed by atoms with van der Waals surface area (Å²) in [5, 5.41) is 11.0. The SMILES string of the molecule is CCNC(=NCc1c(C)nn(C)c1C)NCc1cccc(C)n1.I. The number of hydrogen-bond donors (Lipinski definition) is 2. The number of aromatic nitrogens is 3. The lowest BCUT2D eigenvalue weighted by molar-refractivity contribution is 0.730. The topological polar surface area (TPSA) is 67.1 Å². The molecule has 2 aromatic heterocycles. The molecule has 0 saturated carbocycles. The fourth-order valence-corrected chi connectivity index (χ4v) is 2.42. The molecular weight excluding hydrogens is 415 g/mol. The number of nitrogens with zero attached hydrogens (tertiary/aromatic N) is 4. The largest absolute Gasteiger partial charge is 0.357 e. The Kier molecular flexibility index (Phi) is 8.17. The van der Waals surface area contributed by atoms with Crippen LogP contribution >= 0.6 is 24.0 Å². The lowest BCUT2D eigenvalue weighted by atomic mass is 10.2. The van der Waals surface area contributed by atoms with E-state index in [1.165, 1.54) is 5.56 Å². The van der Waals surface area contributed by atoms with Crippen LogP contribution in [0.5, 0.6) is 0 Å². The first-order chi connectivity index (χ1) is 11.0. The van der Waals surface area contributed by atoms with Crippen molar-refractivity contribution < 1.29 is 0 Å². The zero-order valence-electron chi connectivity index (χ0n) is 15.1. The molecule has 0 bridgehead atoms. The van der Waals surface area contributed by atoms with Crippen molar-refractivity contribution in [2.45, 2.75) is 40.8 Å². The van der Waals surface area contributed by atoms with Gasteiger partial charge in [0.15, 0.2) is 5.96 Å². The Morgan fingerprint density at radius 3 is 2.54 bits per heavy atom. The van der Waals surface area contributed by atoms with Crippen molar-refractivity contribution in [1.29, 1.82) is 0 Å². The van der Waals surface area contributed by atoms with Crippen LogP contribution in [-0.4, -0.2) is 27.3 Å². The number of aliphatic imine (C=N–C) groups is 1. The van der Waals surface area contributed by atoms with Gasteiger partial charge in [-0.1, -0.05) is 6.07 Å². The van der Waals surface area contributed by atoms with Crippen LogP contribution in [0.25, 0.3) is 0 Å². The maximum atomic E-state index is 4.67. The van der Waals surface area contributed by atoms with Gasteiger partial charge in [-0.2, -0.15) is 5.10 Å². The van der Waals surface area contributed by atoms with E-state index < -0.39 is 0 Å². The summed E-state index contributed by atoms with van der Waals surface area (Å²) in [5.41, 5.74) is 5.39. The van der Waals surface area contributed by atoms with E-state index in [2.05, 4.69) is 39.6 Å². The average Bonchev–Trinajstić information content (AvgIpc) is 2.75. The molecule has 0 amide bonds. The van der Waals surface area contributed by atoms with Crippen molar-refractivity contribution in [2.24, 2.45) is 12.0 Å². The van der Waals surface area contributed by atoms with Gasteiger partial charge in [-0.15, -0.1) is 24.0 Å². The predicted octanol–water partition coefficient (Wildman–Crippen LogP) is 2.61. The lowest BCUT2D eigenvalue weighted by Crippen LogP contribution is -2.37. The highest BCUT2D eigenvalue weighted by Gasteiger charge is 2.09. The minimum Gasteiger partial charge on any atom is -0.357 e. The summed E-state index contributed by atoms with van der Waals surface area (Å²) in [6.45, 7) is 10.2. The van der Waals surface area contributed by atoms with Crippen molar-refractivity contribution in [3.8, 4) is 0 Å². The standard InChI is InChI=1S/C17H26N6.HI/c1-6-18-17(19-10-15-9-7-8-12(2)21-15)20-11-16-13(3)22-23(5)14(16)4;/h7-9H,6,10-11H2,1-5H3,(H2,18,19,20);1H. The van der Waals surface area contributed by atoms with E-state index in [1.807, 2.05) is 43.8 Å². The zero-order chi connectivity index (χ0) is 16.8. The molecule has 2 rings (SSSR count). The number of halogens is 1. The Bertz CT molecular complexity index is 692. The van der Waals surface area contributed by atoms with E-state index >= 15 is 0 Å². The van der Waals surface area contributed by atoms with Gasteiger partial charge < -0.3 is 10.6 Å². The molecule has 0 fully saturated rings. The molecule has 0 saturated heterocycles. The van der Waals surface area contributed by atoms with Gasteiger partial charge in [0.2, 0.25) is 0 Å². The zero-order valence-corrected chi connectivity index (χ0v) is 17.4. The van der Waals surface area contributed by atoms with E-state index in [-0.39, 0.29) is 24.0 Å². The number of guanidine groups is 1. The molecule has 24 heavy (non-hydrogen) atoms. The minimum absolute atomic E-state index is 0. The first kappa shape index (κ1) is 20.4. The summed E-state index contributed by atoms with van der Waals surface area (Å²) in [7, 11) is 1.96. The fraction of sp³-hybridized carbons (Fsp3) is 0.471. The normalized spacial score (nSPS) is 11.1. The maximum absolute atomic E-state index is 4.67. The smallest absolute Gasteiger partial charge is 0.191 e. The Labute approximate surface area is 161 Å². The van der Waals surface area contributed by atoms with Crippen LogP contribution in [0.1, 0.15) is 35.3 Å². The molecule has 0 aromatic carbocycles. The molecule has 132 valence electrons. The van der Waals surface area contributed by atoms with Crippen molar-refractivity contribution >= 4 is 29.9 Å². The van der Waals surface area contributed by atoms with Crippen LogP contribution in [0.15, 0.2) is 23.2 Å². The highest BCUT2D eigenvalue weighted by molar-refractivity contribution is 14.0. The lowest BCUT2D eigenvalue weighted by Gasteiger charge is -2.11. The molecule has 0 aliphatic heterocycles. The van der Waals surface area contributed by atoms with E-state index in [9.17, 15) is 0 Å². The molecule has 0 aliphatic rings. The molecule has 0 aliphatic carbocycles. The quantitative estimate of drug-likeness (QED) is 0.425. The highest BCUT2D eigenvalue weighted by atomic mass is 127. The summed E-state index contributed by atoms with van der Waals surface area (Å²) in [5.74, 6) is 0.790. The fourth-order valence-electron chi connectivity index (χ4n) is 2.42. The molecule has 7 heteroatoms. The van der Waals surface area contributed by atoms with Gasteiger partial charge in [0.1, 0.15) is 0 Å². The molecule has 2 heterocycles. The first-order valence-electron chi connectivity index (χ1n) is 7.95. The third-order valence-electron chi connectivity index (χ3n) is 3.78. The van der Waals surface area contributed by atoms with Gasteiger partial charge in [0.05, 0.1) is 24.5 Å². The van der Waals surface area contributed by atoms with Gasteiger partial charge in [-0.25, -0.2) is 4.99 Å². The van der Waals surface area contributed by atoms with Crippen molar-refractivity contribution in [2.75, 3.05) is 6.54 Å². The summed E-state index contributed by atoms with van der Waals surface area (Å²) < 4.78 is 1.90. The second kappa shape index (κ2) is 9.61. The number of rotatable bonds is 5. The molecule has 2 N–H and O–H groups in total. The molecule has 0 atom stereocenters. The van der Waals surface area contributed by atoms with Crippen LogP contribution in [0, 0.1) is 20.8 Å². The Hall–Kier alpha value is -1.64.